The summed E-state index contributed by atoms with van der Waals surface area (Å²) in [5, 5.41) is 16.6. The van der Waals surface area contributed by atoms with Crippen LogP contribution < -0.4 is 20.1 Å². The molecule has 0 aliphatic carbocycles. The minimum atomic E-state index is -0.615. The quantitative estimate of drug-likeness (QED) is 0.468. The van der Waals surface area contributed by atoms with Crippen molar-refractivity contribution in [2.45, 2.75) is 13.0 Å². The van der Waals surface area contributed by atoms with E-state index in [0.717, 1.165) is 6.07 Å². The monoisotopic (exact) mass is 419 g/mol. The van der Waals surface area contributed by atoms with Gasteiger partial charge >= 0.3 is 0 Å². The number of nitro groups is 1. The summed E-state index contributed by atoms with van der Waals surface area (Å²) in [5.74, 6) is 0.221. The molecule has 156 valence electrons. The summed E-state index contributed by atoms with van der Waals surface area (Å²) < 4.78 is 11.3. The van der Waals surface area contributed by atoms with E-state index in [1.54, 1.807) is 49.4 Å². The second-order valence-corrected chi connectivity index (χ2v) is 6.77. The van der Waals surface area contributed by atoms with Crippen LogP contribution in [-0.2, 0) is 4.79 Å². The van der Waals surface area contributed by atoms with Crippen LogP contribution in [0.1, 0.15) is 17.3 Å². The Bertz CT molecular complexity index is 1180. The van der Waals surface area contributed by atoms with Gasteiger partial charge in [-0.3, -0.25) is 19.7 Å². The maximum absolute atomic E-state index is 13.0. The number of fused-ring (bicyclic) bond motifs is 1. The predicted molar refractivity (Wildman–Crippen MR) is 113 cm³/mol. The van der Waals surface area contributed by atoms with Crippen LogP contribution in [0.3, 0.4) is 0 Å². The largest absolute Gasteiger partial charge is 0.479 e. The Hall–Kier alpha value is -4.40. The molecule has 0 aromatic heterocycles. The van der Waals surface area contributed by atoms with E-state index in [9.17, 15) is 19.7 Å². The first-order valence-electron chi connectivity index (χ1n) is 9.35. The van der Waals surface area contributed by atoms with Crippen LogP contribution >= 0.6 is 0 Å². The fourth-order valence-corrected chi connectivity index (χ4v) is 3.00. The van der Waals surface area contributed by atoms with Crippen LogP contribution in [0.25, 0.3) is 0 Å². The van der Waals surface area contributed by atoms with Crippen LogP contribution in [0.4, 0.5) is 17.1 Å². The molecule has 0 bridgehead atoms. The molecular formula is C22H17N3O6. The molecule has 2 amide bonds. The van der Waals surface area contributed by atoms with Crippen molar-refractivity contribution in [3.05, 3.63) is 82.4 Å². The van der Waals surface area contributed by atoms with E-state index in [4.69, 9.17) is 9.47 Å². The first-order valence-corrected chi connectivity index (χ1v) is 9.35. The molecule has 4 rings (SSSR count). The predicted octanol–water partition coefficient (Wildman–Crippen LogP) is 4.36. The molecule has 0 spiro atoms. The van der Waals surface area contributed by atoms with Crippen molar-refractivity contribution in [2.75, 3.05) is 10.6 Å². The Labute approximate surface area is 176 Å². The third-order valence-electron chi connectivity index (χ3n) is 4.56. The number of nitrogens with one attached hydrogen (secondary N) is 2. The first-order chi connectivity index (χ1) is 14.9. The summed E-state index contributed by atoms with van der Waals surface area (Å²) in [5.41, 5.74) is 0.537. The van der Waals surface area contributed by atoms with Crippen LogP contribution in [0, 0.1) is 10.1 Å². The minimum absolute atomic E-state index is 0.00955. The molecule has 2 N–H and O–H groups in total. The Balaban J connectivity index is 1.63. The highest BCUT2D eigenvalue weighted by molar-refractivity contribution is 6.07. The van der Waals surface area contributed by atoms with Gasteiger partial charge in [0.25, 0.3) is 17.5 Å². The van der Waals surface area contributed by atoms with Gasteiger partial charge < -0.3 is 20.1 Å². The smallest absolute Gasteiger partial charge is 0.270 e. The zero-order valence-corrected chi connectivity index (χ0v) is 16.3. The summed E-state index contributed by atoms with van der Waals surface area (Å²) in [4.78, 5) is 35.4. The second kappa shape index (κ2) is 8.15. The third kappa shape index (κ3) is 4.30. The maximum Gasteiger partial charge on any atom is 0.270 e. The number of anilines is 2. The number of para-hydroxylation sites is 1. The highest BCUT2D eigenvalue weighted by atomic mass is 16.6. The number of hydrogen-bond donors (Lipinski definition) is 2. The van der Waals surface area contributed by atoms with Gasteiger partial charge in [-0.1, -0.05) is 18.2 Å². The minimum Gasteiger partial charge on any atom is -0.479 e. The molecule has 3 aromatic rings. The number of amides is 2. The van der Waals surface area contributed by atoms with Gasteiger partial charge in [0, 0.05) is 17.8 Å². The Morgan fingerprint density at radius 2 is 1.90 bits per heavy atom. The summed E-state index contributed by atoms with van der Waals surface area (Å²) in [6.07, 6.45) is -0.615. The Kier molecular flexibility index (Phi) is 5.23. The molecule has 9 nitrogen and oxygen atoms in total. The van der Waals surface area contributed by atoms with Gasteiger partial charge in [-0.05, 0) is 43.3 Å². The summed E-state index contributed by atoms with van der Waals surface area (Å²) in [6.45, 7) is 1.63. The molecule has 9 heteroatoms. The molecule has 0 fully saturated rings. The SMILES string of the molecule is C[C@H]1Oc2ccc(NC(=O)c3cc([N+](=O)[O-])ccc3Oc3ccccc3)cc2NC1=O. The molecule has 1 aliphatic rings. The van der Waals surface area contributed by atoms with E-state index in [2.05, 4.69) is 10.6 Å². The molecular weight excluding hydrogens is 402 g/mol. The number of nitrogens with zero attached hydrogens (tertiary/aromatic N) is 1. The molecule has 0 radical (unpaired) electrons. The number of ether oxygens (including phenoxy) is 2. The number of benzene rings is 3. The van der Waals surface area contributed by atoms with Crippen molar-refractivity contribution in [3.63, 3.8) is 0 Å². The lowest BCUT2D eigenvalue weighted by Crippen LogP contribution is -2.34. The average Bonchev–Trinajstić information content (AvgIpc) is 2.75. The highest BCUT2D eigenvalue weighted by Crippen LogP contribution is 2.33. The topological polar surface area (TPSA) is 120 Å². The van der Waals surface area contributed by atoms with E-state index in [1.807, 2.05) is 6.07 Å². The van der Waals surface area contributed by atoms with Gasteiger partial charge in [-0.25, -0.2) is 0 Å². The average molecular weight is 419 g/mol. The fraction of sp³-hybridized carbons (Fsp3) is 0.0909. The second-order valence-electron chi connectivity index (χ2n) is 6.77. The van der Waals surface area contributed by atoms with E-state index < -0.39 is 16.9 Å². The van der Waals surface area contributed by atoms with E-state index >= 15 is 0 Å². The van der Waals surface area contributed by atoms with Crippen LogP contribution in [0.2, 0.25) is 0 Å². The summed E-state index contributed by atoms with van der Waals surface area (Å²) in [7, 11) is 0. The van der Waals surface area contributed by atoms with Crippen LogP contribution in [0.15, 0.2) is 66.7 Å². The normalized spacial score (nSPS) is 14.6. The van der Waals surface area contributed by atoms with Gasteiger partial charge in [0.15, 0.2) is 6.10 Å². The number of hydrogen-bond acceptors (Lipinski definition) is 6. The summed E-state index contributed by atoms with van der Waals surface area (Å²) in [6, 6.07) is 17.3. The molecule has 31 heavy (non-hydrogen) atoms. The van der Waals surface area contributed by atoms with Crippen LogP contribution in [-0.4, -0.2) is 22.8 Å². The Morgan fingerprint density at radius 1 is 1.13 bits per heavy atom. The third-order valence-corrected chi connectivity index (χ3v) is 4.56. The van der Waals surface area contributed by atoms with Crippen molar-refractivity contribution >= 4 is 28.9 Å². The highest BCUT2D eigenvalue weighted by Gasteiger charge is 2.24. The standard InChI is InChI=1S/C22H17N3O6/c1-13-21(26)24-18-11-14(7-9-20(18)30-13)23-22(27)17-12-15(25(28)29)8-10-19(17)31-16-5-3-2-4-6-16/h2-13H,1H3,(H,23,27)(H,24,26)/t13-/m1/s1. The fourth-order valence-electron chi connectivity index (χ4n) is 3.00. The van der Waals surface area contributed by atoms with Crippen molar-refractivity contribution in [1.82, 2.24) is 0 Å². The maximum atomic E-state index is 13.0. The van der Waals surface area contributed by atoms with Crippen molar-refractivity contribution in [1.29, 1.82) is 0 Å². The molecule has 0 saturated heterocycles. The molecule has 1 heterocycles. The van der Waals surface area contributed by atoms with E-state index in [0.29, 0.717) is 22.9 Å². The molecule has 1 aliphatic heterocycles. The van der Waals surface area contributed by atoms with Crippen molar-refractivity contribution in [3.8, 4) is 17.2 Å². The van der Waals surface area contributed by atoms with Gasteiger partial charge in [-0.2, -0.15) is 0 Å². The Morgan fingerprint density at radius 3 is 2.65 bits per heavy atom. The lowest BCUT2D eigenvalue weighted by molar-refractivity contribution is -0.384. The number of rotatable bonds is 5. The number of non-ortho nitro benzene ring substituents is 1. The summed E-state index contributed by atoms with van der Waals surface area (Å²) >= 11 is 0. The van der Waals surface area contributed by atoms with Gasteiger partial charge in [-0.15, -0.1) is 0 Å². The zero-order valence-electron chi connectivity index (χ0n) is 16.3. The van der Waals surface area contributed by atoms with Crippen molar-refractivity contribution < 1.29 is 24.0 Å². The van der Waals surface area contributed by atoms with Gasteiger partial charge in [0.2, 0.25) is 0 Å². The van der Waals surface area contributed by atoms with E-state index in [1.165, 1.54) is 12.1 Å². The zero-order chi connectivity index (χ0) is 22.0. The van der Waals surface area contributed by atoms with Crippen molar-refractivity contribution in [2.24, 2.45) is 0 Å². The lowest BCUT2D eigenvalue weighted by Gasteiger charge is -2.23. The number of carbonyl (C=O) groups is 2. The van der Waals surface area contributed by atoms with Gasteiger partial charge in [0.1, 0.15) is 17.2 Å². The molecule has 3 aromatic carbocycles. The lowest BCUT2D eigenvalue weighted by atomic mass is 10.1. The molecule has 0 unspecified atom stereocenters. The number of nitro benzene ring substituents is 1. The van der Waals surface area contributed by atoms with Crippen LogP contribution in [0.5, 0.6) is 17.2 Å². The first kappa shape index (κ1) is 19.9. The van der Waals surface area contributed by atoms with Gasteiger partial charge in [0.05, 0.1) is 16.2 Å². The van der Waals surface area contributed by atoms with E-state index in [-0.39, 0.29) is 22.9 Å². The molecule has 0 saturated carbocycles. The molecule has 1 atom stereocenters. The number of carbonyl (C=O) groups excluding carboxylic acids is 2.